The summed E-state index contributed by atoms with van der Waals surface area (Å²) in [5.41, 5.74) is 1.04. The van der Waals surface area contributed by atoms with E-state index >= 15 is 0 Å². The highest BCUT2D eigenvalue weighted by molar-refractivity contribution is 8.00. The van der Waals surface area contributed by atoms with Crippen molar-refractivity contribution in [3.8, 4) is 16.4 Å². The molecule has 0 spiro atoms. The molecule has 11 heteroatoms. The molecular weight excluding hydrogens is 470 g/mol. The number of rotatable bonds is 7. The van der Waals surface area contributed by atoms with Gasteiger partial charge in [0.05, 0.1) is 25.8 Å². The summed E-state index contributed by atoms with van der Waals surface area (Å²) in [6.07, 6.45) is 0. The number of hydrogen-bond donors (Lipinski definition) is 1. The molecule has 0 saturated carbocycles. The molecule has 4 rings (SSSR count). The Morgan fingerprint density at radius 3 is 2.62 bits per heavy atom. The smallest absolute Gasteiger partial charge is 0.271 e. The average molecular weight is 486 g/mol. The fraction of sp³-hybridized carbons (Fsp3) is 0.0952. The van der Waals surface area contributed by atoms with E-state index in [1.165, 1.54) is 30.0 Å². The van der Waals surface area contributed by atoms with Gasteiger partial charge in [-0.15, -0.1) is 21.5 Å². The molecule has 2 aromatic heterocycles. The molecule has 32 heavy (non-hydrogen) atoms. The maximum atomic E-state index is 12.8. The number of thioether (sulfide) groups is 1. The minimum atomic E-state index is -0.544. The molecule has 162 valence electrons. The minimum Gasteiger partial charge on any atom is -0.324 e. The van der Waals surface area contributed by atoms with Gasteiger partial charge < -0.3 is 5.32 Å². The molecule has 0 aliphatic rings. The highest BCUT2D eigenvalue weighted by Gasteiger charge is 2.23. The number of halogens is 1. The fourth-order valence-electron chi connectivity index (χ4n) is 2.89. The first-order valence-electron chi connectivity index (χ1n) is 9.40. The normalized spacial score (nSPS) is 11.8. The largest absolute Gasteiger partial charge is 0.324 e. The van der Waals surface area contributed by atoms with E-state index in [0.717, 1.165) is 10.6 Å². The van der Waals surface area contributed by atoms with Crippen LogP contribution in [-0.2, 0) is 4.79 Å². The molecule has 0 fully saturated rings. The van der Waals surface area contributed by atoms with E-state index in [2.05, 4.69) is 15.5 Å². The second-order valence-electron chi connectivity index (χ2n) is 6.63. The van der Waals surface area contributed by atoms with Crippen molar-refractivity contribution in [1.29, 1.82) is 0 Å². The van der Waals surface area contributed by atoms with Crippen molar-refractivity contribution >= 4 is 52.0 Å². The Bertz CT molecular complexity index is 1260. The number of amides is 1. The van der Waals surface area contributed by atoms with Crippen LogP contribution in [0.2, 0.25) is 5.02 Å². The Hall–Kier alpha value is -3.21. The van der Waals surface area contributed by atoms with Crippen LogP contribution >= 0.6 is 34.7 Å². The van der Waals surface area contributed by atoms with Crippen LogP contribution in [0.1, 0.15) is 6.92 Å². The van der Waals surface area contributed by atoms with E-state index in [1.807, 2.05) is 52.4 Å². The molecule has 0 aliphatic carbocycles. The Morgan fingerprint density at radius 2 is 1.97 bits per heavy atom. The van der Waals surface area contributed by atoms with Crippen molar-refractivity contribution in [2.45, 2.75) is 17.3 Å². The maximum Gasteiger partial charge on any atom is 0.271 e. The number of carbonyl (C=O) groups is 1. The predicted molar refractivity (Wildman–Crippen MR) is 127 cm³/mol. The van der Waals surface area contributed by atoms with Crippen molar-refractivity contribution in [1.82, 2.24) is 14.8 Å². The van der Waals surface area contributed by atoms with Crippen molar-refractivity contribution in [3.63, 3.8) is 0 Å². The number of nitro groups is 1. The van der Waals surface area contributed by atoms with Crippen LogP contribution < -0.4 is 5.32 Å². The standard InChI is InChI=1S/C21H16ClN5O3S2/c1-13(20(28)23-17-10-9-15(27(29)30)12-16(17)22)32-21-25-24-19(18-8-5-11-31-18)26(21)14-6-3-2-4-7-14/h2-13H,1H3,(H,23,28). The van der Waals surface area contributed by atoms with Crippen LogP contribution in [-0.4, -0.2) is 30.8 Å². The molecule has 0 bridgehead atoms. The van der Waals surface area contributed by atoms with Gasteiger partial charge in [-0.05, 0) is 36.6 Å². The molecule has 8 nitrogen and oxygen atoms in total. The van der Waals surface area contributed by atoms with Gasteiger partial charge in [0, 0.05) is 17.8 Å². The van der Waals surface area contributed by atoms with Gasteiger partial charge >= 0.3 is 0 Å². The Kier molecular flexibility index (Phi) is 6.54. The zero-order valence-corrected chi connectivity index (χ0v) is 19.0. The molecule has 1 atom stereocenters. The Labute approximate surface area is 196 Å². The molecular formula is C21H16ClN5O3S2. The van der Waals surface area contributed by atoms with E-state index in [9.17, 15) is 14.9 Å². The third-order valence-corrected chi connectivity index (χ3v) is 6.68. The van der Waals surface area contributed by atoms with Gasteiger partial charge in [0.15, 0.2) is 11.0 Å². The zero-order chi connectivity index (χ0) is 22.7. The number of nitrogens with one attached hydrogen (secondary N) is 1. The van der Waals surface area contributed by atoms with Crippen molar-refractivity contribution in [2.75, 3.05) is 5.32 Å². The highest BCUT2D eigenvalue weighted by Crippen LogP contribution is 2.33. The summed E-state index contributed by atoms with van der Waals surface area (Å²) in [5, 5.41) is 24.4. The summed E-state index contributed by atoms with van der Waals surface area (Å²) < 4.78 is 1.92. The number of para-hydroxylation sites is 1. The molecule has 0 saturated heterocycles. The third-order valence-electron chi connectivity index (χ3n) is 4.46. The van der Waals surface area contributed by atoms with E-state index in [4.69, 9.17) is 11.6 Å². The number of thiophene rings is 1. The first kappa shape index (κ1) is 22.0. The summed E-state index contributed by atoms with van der Waals surface area (Å²) in [7, 11) is 0. The van der Waals surface area contributed by atoms with E-state index in [-0.39, 0.29) is 16.6 Å². The van der Waals surface area contributed by atoms with Crippen LogP contribution in [0.15, 0.2) is 71.2 Å². The summed E-state index contributed by atoms with van der Waals surface area (Å²) in [6.45, 7) is 1.74. The zero-order valence-electron chi connectivity index (χ0n) is 16.6. The number of hydrogen-bond acceptors (Lipinski definition) is 7. The van der Waals surface area contributed by atoms with Crippen LogP contribution in [0.4, 0.5) is 11.4 Å². The SMILES string of the molecule is CC(Sc1nnc(-c2cccs2)n1-c1ccccc1)C(=O)Nc1ccc([N+](=O)[O-])cc1Cl. The lowest BCUT2D eigenvalue weighted by Gasteiger charge is -2.14. The third kappa shape index (κ3) is 4.67. The molecule has 1 N–H and O–H groups in total. The molecule has 4 aromatic rings. The number of benzene rings is 2. The van der Waals surface area contributed by atoms with Crippen molar-refractivity contribution < 1.29 is 9.72 Å². The number of anilines is 1. The van der Waals surface area contributed by atoms with Gasteiger partial charge in [-0.25, -0.2) is 0 Å². The molecule has 1 unspecified atom stereocenters. The average Bonchev–Trinajstić information content (AvgIpc) is 3.45. The number of nitrogens with zero attached hydrogens (tertiary/aromatic N) is 4. The van der Waals surface area contributed by atoms with E-state index in [1.54, 1.807) is 18.3 Å². The van der Waals surface area contributed by atoms with E-state index in [0.29, 0.717) is 16.7 Å². The van der Waals surface area contributed by atoms with Gasteiger partial charge in [-0.3, -0.25) is 19.5 Å². The molecule has 0 radical (unpaired) electrons. The van der Waals surface area contributed by atoms with Gasteiger partial charge in [0.1, 0.15) is 0 Å². The second-order valence-corrected chi connectivity index (χ2v) is 9.29. The number of carbonyl (C=O) groups excluding carboxylic acids is 1. The lowest BCUT2D eigenvalue weighted by atomic mass is 10.2. The molecule has 2 heterocycles. The summed E-state index contributed by atoms with van der Waals surface area (Å²) >= 11 is 8.91. The van der Waals surface area contributed by atoms with Gasteiger partial charge in [0.2, 0.25) is 5.91 Å². The van der Waals surface area contributed by atoms with Gasteiger partial charge in [0.25, 0.3) is 5.69 Å². The number of nitro benzene ring substituents is 1. The lowest BCUT2D eigenvalue weighted by Crippen LogP contribution is -2.23. The molecule has 0 aliphatic heterocycles. The monoisotopic (exact) mass is 485 g/mol. The highest BCUT2D eigenvalue weighted by atomic mass is 35.5. The van der Waals surface area contributed by atoms with Crippen LogP contribution in [0.3, 0.4) is 0 Å². The Balaban J connectivity index is 1.58. The maximum absolute atomic E-state index is 12.8. The first-order chi connectivity index (χ1) is 15.4. The minimum absolute atomic E-state index is 0.0946. The summed E-state index contributed by atoms with van der Waals surface area (Å²) in [5.74, 6) is 0.380. The topological polar surface area (TPSA) is 103 Å². The van der Waals surface area contributed by atoms with Crippen molar-refractivity contribution in [3.05, 3.63) is 81.2 Å². The second kappa shape index (κ2) is 9.51. The van der Waals surface area contributed by atoms with Gasteiger partial charge in [-0.1, -0.05) is 47.6 Å². The summed E-state index contributed by atoms with van der Waals surface area (Å²) in [6, 6.07) is 17.5. The Morgan fingerprint density at radius 1 is 1.19 bits per heavy atom. The van der Waals surface area contributed by atoms with Crippen LogP contribution in [0.5, 0.6) is 0 Å². The quantitative estimate of drug-likeness (QED) is 0.205. The summed E-state index contributed by atoms with van der Waals surface area (Å²) in [4.78, 5) is 24.1. The van der Waals surface area contributed by atoms with E-state index < -0.39 is 10.2 Å². The number of non-ortho nitro benzene ring substituents is 1. The predicted octanol–water partition coefficient (Wildman–Crippen LogP) is 5.68. The van der Waals surface area contributed by atoms with Gasteiger partial charge in [-0.2, -0.15) is 0 Å². The number of aromatic nitrogens is 3. The van der Waals surface area contributed by atoms with Crippen molar-refractivity contribution in [2.24, 2.45) is 0 Å². The first-order valence-corrected chi connectivity index (χ1v) is 11.5. The van der Waals surface area contributed by atoms with Crippen LogP contribution in [0.25, 0.3) is 16.4 Å². The molecule has 2 aromatic carbocycles. The fourth-order valence-corrected chi connectivity index (χ4v) is 4.67. The molecule has 1 amide bonds. The van der Waals surface area contributed by atoms with Crippen LogP contribution in [0, 0.1) is 10.1 Å². The lowest BCUT2D eigenvalue weighted by molar-refractivity contribution is -0.384.